The first-order valence-corrected chi connectivity index (χ1v) is 14.1. The Hall–Kier alpha value is -1.82. The van der Waals surface area contributed by atoms with Gasteiger partial charge in [0, 0.05) is 0 Å². The van der Waals surface area contributed by atoms with Crippen molar-refractivity contribution in [2.24, 2.45) is 0 Å². The molecular weight excluding hydrogens is 656 g/mol. The fraction of sp³-hybridized carbons (Fsp3) is 0.917. The molecule has 20 atom stereocenters. The van der Waals surface area contributed by atoms with Crippen molar-refractivity contribution in [1.82, 2.24) is 0 Å². The number of carboxylic acids is 2. The highest BCUT2D eigenvalue weighted by molar-refractivity contribution is 5.73. The van der Waals surface area contributed by atoms with Crippen LogP contribution in [0.2, 0.25) is 0 Å². The summed E-state index contributed by atoms with van der Waals surface area (Å²) >= 11 is 0. The fourth-order valence-electron chi connectivity index (χ4n) is 5.51. The Bertz CT molecular complexity index is 1060. The molecule has 0 amide bonds. The van der Waals surface area contributed by atoms with Gasteiger partial charge in [0.25, 0.3) is 0 Å². The summed E-state index contributed by atoms with van der Waals surface area (Å²) in [6.07, 6.45) is -40.7. The molecule has 0 aliphatic carbocycles. The van der Waals surface area contributed by atoms with Crippen molar-refractivity contribution >= 4 is 11.9 Å². The topological polar surface area (TPSA) is 382 Å². The van der Waals surface area contributed by atoms with Crippen LogP contribution in [-0.2, 0) is 42.7 Å². The smallest absolute Gasteiger partial charge is 0.335 e. The van der Waals surface area contributed by atoms with E-state index in [0.29, 0.717) is 0 Å². The van der Waals surface area contributed by atoms with Crippen LogP contribution >= 0.6 is 0 Å². The summed E-state index contributed by atoms with van der Waals surface area (Å²) in [6.45, 7) is -1.95. The second-order valence-electron chi connectivity index (χ2n) is 11.2. The minimum atomic E-state index is -2.25. The first-order chi connectivity index (χ1) is 22.0. The monoisotopic (exact) mass is 694 g/mol. The van der Waals surface area contributed by atoms with Crippen molar-refractivity contribution in [1.29, 1.82) is 0 Å². The molecule has 0 saturated carbocycles. The normalized spacial score (nSPS) is 51.0. The first kappa shape index (κ1) is 38.0. The highest BCUT2D eigenvalue weighted by Crippen LogP contribution is 2.34. The van der Waals surface area contributed by atoms with E-state index in [0.717, 1.165) is 0 Å². The van der Waals surface area contributed by atoms with Crippen LogP contribution in [0.4, 0.5) is 0 Å². The van der Waals surface area contributed by atoms with Gasteiger partial charge in [-0.1, -0.05) is 0 Å². The van der Waals surface area contributed by atoms with Crippen LogP contribution in [0.3, 0.4) is 0 Å². The molecular formula is C24H38O23. The second kappa shape index (κ2) is 15.4. The zero-order chi connectivity index (χ0) is 35.1. The molecule has 0 aromatic heterocycles. The molecule has 4 fully saturated rings. The van der Waals surface area contributed by atoms with Crippen LogP contribution < -0.4 is 0 Å². The standard InChI is InChI=1S/C24H38O23/c25-1-3-14(7(29)9(31)21(40)41-3)44-24-13(35)16(12(34)18(47-24)20(38)39)45-22-11(33)8(30)15(4(2-26)42-22)43-23-10(32)5(27)6(28)17(46-23)19(36)37/h3-18,21-35,40H,1-2H2,(H,36,37)(H,38,39)/t3?,4?,5-,6-,7+,8+,9?,10?,11?,12-,13?,14+,15+,16-,17?,18?,21+,22-,23+,24+/m0/s1. The summed E-state index contributed by atoms with van der Waals surface area (Å²) in [4.78, 5) is 23.3. The van der Waals surface area contributed by atoms with Crippen LogP contribution in [0.15, 0.2) is 0 Å². The van der Waals surface area contributed by atoms with E-state index < -0.39 is 148 Å². The Balaban J connectivity index is 1.51. The third kappa shape index (κ3) is 7.53. The van der Waals surface area contributed by atoms with Crippen molar-refractivity contribution in [2.75, 3.05) is 13.2 Å². The zero-order valence-electron chi connectivity index (χ0n) is 23.9. The lowest BCUT2D eigenvalue weighted by atomic mass is 9.95. The third-order valence-corrected chi connectivity index (χ3v) is 8.13. The predicted molar refractivity (Wildman–Crippen MR) is 135 cm³/mol. The lowest BCUT2D eigenvalue weighted by molar-refractivity contribution is -0.385. The van der Waals surface area contributed by atoms with Gasteiger partial charge in [0.05, 0.1) is 13.2 Å². The Morgan fingerprint density at radius 3 is 1.36 bits per heavy atom. The number of carbonyl (C=O) groups is 2. The molecule has 8 unspecified atom stereocenters. The Morgan fingerprint density at radius 2 is 0.851 bits per heavy atom. The summed E-state index contributed by atoms with van der Waals surface area (Å²) in [5.41, 5.74) is 0. The van der Waals surface area contributed by atoms with E-state index in [9.17, 15) is 81.1 Å². The van der Waals surface area contributed by atoms with E-state index in [1.807, 2.05) is 0 Å². The third-order valence-electron chi connectivity index (χ3n) is 8.13. The van der Waals surface area contributed by atoms with Crippen LogP contribution in [0.1, 0.15) is 0 Å². The largest absolute Gasteiger partial charge is 0.479 e. The number of hydrogen-bond acceptors (Lipinski definition) is 21. The molecule has 23 heteroatoms. The predicted octanol–water partition coefficient (Wildman–Crippen LogP) is -9.56. The van der Waals surface area contributed by atoms with Gasteiger partial charge in [-0.25, -0.2) is 9.59 Å². The van der Waals surface area contributed by atoms with E-state index in [2.05, 4.69) is 0 Å². The molecule has 0 aromatic rings. The van der Waals surface area contributed by atoms with E-state index in [4.69, 9.17) is 33.2 Å². The van der Waals surface area contributed by atoms with E-state index in [1.54, 1.807) is 0 Å². The molecule has 4 aliphatic heterocycles. The van der Waals surface area contributed by atoms with Crippen LogP contribution in [0.5, 0.6) is 0 Å². The van der Waals surface area contributed by atoms with Gasteiger partial charge in [0.1, 0.15) is 85.5 Å². The minimum absolute atomic E-state index is 0.912. The number of aliphatic hydroxyl groups excluding tert-OH is 12. The maximum atomic E-state index is 11.9. The maximum absolute atomic E-state index is 11.9. The average molecular weight is 695 g/mol. The molecule has 14 N–H and O–H groups in total. The summed E-state index contributed by atoms with van der Waals surface area (Å²) in [7, 11) is 0. The van der Waals surface area contributed by atoms with Gasteiger partial charge in [-0.3, -0.25) is 0 Å². The molecule has 0 spiro atoms. The fourth-order valence-corrected chi connectivity index (χ4v) is 5.51. The van der Waals surface area contributed by atoms with Crippen molar-refractivity contribution < 1.29 is 114 Å². The summed E-state index contributed by atoms with van der Waals surface area (Å²) in [6, 6.07) is 0. The van der Waals surface area contributed by atoms with Gasteiger partial charge in [0.15, 0.2) is 37.4 Å². The van der Waals surface area contributed by atoms with Gasteiger partial charge >= 0.3 is 11.9 Å². The number of carboxylic acid groups (broad SMARTS) is 2. The summed E-state index contributed by atoms with van der Waals surface area (Å²) < 4.78 is 36.6. The molecule has 4 aliphatic rings. The number of aliphatic hydroxyl groups is 12. The molecule has 0 aromatic carbocycles. The quantitative estimate of drug-likeness (QED) is 0.101. The number of aliphatic carboxylic acids is 2. The van der Waals surface area contributed by atoms with Crippen LogP contribution in [0.25, 0.3) is 0 Å². The first-order valence-electron chi connectivity index (χ1n) is 14.1. The van der Waals surface area contributed by atoms with E-state index >= 15 is 0 Å². The molecule has 47 heavy (non-hydrogen) atoms. The summed E-state index contributed by atoms with van der Waals surface area (Å²) in [5, 5.41) is 142. The van der Waals surface area contributed by atoms with Crippen LogP contribution in [-0.4, -0.2) is 219 Å². The molecule has 4 heterocycles. The van der Waals surface area contributed by atoms with Gasteiger partial charge < -0.3 is 105 Å². The second-order valence-corrected chi connectivity index (χ2v) is 11.2. The van der Waals surface area contributed by atoms with E-state index in [1.165, 1.54) is 0 Å². The average Bonchev–Trinajstić information content (AvgIpc) is 3.03. The zero-order valence-corrected chi connectivity index (χ0v) is 23.9. The number of ether oxygens (including phenoxy) is 7. The highest BCUT2D eigenvalue weighted by Gasteiger charge is 2.56. The molecule has 4 saturated heterocycles. The van der Waals surface area contributed by atoms with Gasteiger partial charge in [-0.15, -0.1) is 0 Å². The van der Waals surface area contributed by atoms with Crippen molar-refractivity contribution in [3.05, 3.63) is 0 Å². The lowest BCUT2D eigenvalue weighted by Gasteiger charge is -2.48. The Kier molecular flexibility index (Phi) is 12.4. The van der Waals surface area contributed by atoms with Crippen molar-refractivity contribution in [3.8, 4) is 0 Å². The maximum Gasteiger partial charge on any atom is 0.335 e. The van der Waals surface area contributed by atoms with Gasteiger partial charge in [-0.05, 0) is 0 Å². The Labute approximate surface area is 262 Å². The highest BCUT2D eigenvalue weighted by atomic mass is 16.8. The summed E-state index contributed by atoms with van der Waals surface area (Å²) in [5.74, 6) is -3.59. The Morgan fingerprint density at radius 1 is 0.447 bits per heavy atom. The van der Waals surface area contributed by atoms with Crippen molar-refractivity contribution in [2.45, 2.75) is 123 Å². The van der Waals surface area contributed by atoms with Gasteiger partial charge in [0.2, 0.25) is 0 Å². The van der Waals surface area contributed by atoms with Crippen LogP contribution in [0, 0.1) is 0 Å². The van der Waals surface area contributed by atoms with Gasteiger partial charge in [-0.2, -0.15) is 0 Å². The molecule has 0 bridgehead atoms. The molecule has 4 rings (SSSR count). The molecule has 0 radical (unpaired) electrons. The van der Waals surface area contributed by atoms with E-state index in [-0.39, 0.29) is 0 Å². The lowest BCUT2D eigenvalue weighted by Crippen LogP contribution is -2.68. The molecule has 23 nitrogen and oxygen atoms in total. The number of rotatable bonds is 10. The van der Waals surface area contributed by atoms with Crippen molar-refractivity contribution in [3.63, 3.8) is 0 Å². The minimum Gasteiger partial charge on any atom is -0.479 e. The SMILES string of the molecule is O=C(O)C1O[C@@H](O[C@@H]2C(CO)O[C@@H](O[C@@H]3C(O)[C@H](O[C@@H]4C(CO)O[C@@H](O)C(O)[C@H]4O)OC(C(=O)O)[C@H]3O)C(O)[C@H]2O)C(O)[C@@H](O)[C@@H]1O. The number of hydrogen-bond donors (Lipinski definition) is 14. The molecule has 272 valence electrons.